The molecule has 2 fully saturated rings. The van der Waals surface area contributed by atoms with Crippen LogP contribution in [-0.4, -0.2) is 12.7 Å². The number of rotatable bonds is 8. The van der Waals surface area contributed by atoms with Crippen molar-refractivity contribution >= 4 is 0 Å². The lowest BCUT2D eigenvalue weighted by Crippen LogP contribution is -2.30. The van der Waals surface area contributed by atoms with Crippen molar-refractivity contribution in [2.45, 2.75) is 161 Å². The Balaban J connectivity index is -0.000000500. The summed E-state index contributed by atoms with van der Waals surface area (Å²) in [5.41, 5.74) is 4.26. The van der Waals surface area contributed by atoms with Crippen molar-refractivity contribution in [3.8, 4) is 0 Å². The van der Waals surface area contributed by atoms with Crippen LogP contribution < -0.4 is 0 Å². The van der Waals surface area contributed by atoms with Crippen LogP contribution in [0.25, 0.3) is 0 Å². The first-order valence-corrected chi connectivity index (χ1v) is 18.5. The largest absolute Gasteiger partial charge is 0.374 e. The number of allylic oxidation sites excluding steroid dienone is 6. The van der Waals surface area contributed by atoms with Gasteiger partial charge in [0, 0.05) is 0 Å². The number of aryl methyl sites for hydroxylation is 2. The Hall–Kier alpha value is -1.86. The summed E-state index contributed by atoms with van der Waals surface area (Å²) in [7, 11) is 0. The molecule has 3 rings (SSSR count). The SMILES string of the molecule is C/C=C(\C)C(C)C(C)C.C/C=C/C=C\COC1CC(CC)C1.C=CC.CC1CCC(C)CC1.CCC.CCc1ccc(C)cc1. The van der Waals surface area contributed by atoms with Crippen LogP contribution in [0.4, 0.5) is 0 Å². The van der Waals surface area contributed by atoms with E-state index in [2.05, 4.69) is 126 Å². The molecule has 0 saturated heterocycles. The molecule has 1 aromatic rings. The van der Waals surface area contributed by atoms with Crippen molar-refractivity contribution in [2.75, 3.05) is 6.61 Å². The van der Waals surface area contributed by atoms with E-state index in [4.69, 9.17) is 4.74 Å². The number of hydrogen-bond acceptors (Lipinski definition) is 1. The predicted molar refractivity (Wildman–Crippen MR) is 209 cm³/mol. The Bertz CT molecular complexity index is 816. The van der Waals surface area contributed by atoms with Gasteiger partial charge in [-0.15, -0.1) is 6.58 Å². The Morgan fingerprint density at radius 3 is 1.67 bits per heavy atom. The zero-order valence-electron chi connectivity index (χ0n) is 32.9. The summed E-state index contributed by atoms with van der Waals surface area (Å²) < 4.78 is 5.64. The van der Waals surface area contributed by atoms with Gasteiger partial charge in [-0.2, -0.15) is 0 Å². The number of hydrogen-bond donors (Lipinski definition) is 0. The molecule has 0 N–H and O–H groups in total. The molecule has 2 saturated carbocycles. The summed E-state index contributed by atoms with van der Waals surface area (Å²) >= 11 is 0. The van der Waals surface area contributed by atoms with Crippen molar-refractivity contribution in [3.05, 3.63) is 84.0 Å². The smallest absolute Gasteiger partial charge is 0.0654 e. The lowest BCUT2D eigenvalue weighted by atomic mass is 9.80. The normalized spacial score (nSPS) is 21.2. The first-order chi connectivity index (χ1) is 21.4. The monoisotopic (exact) mass is 625 g/mol. The topological polar surface area (TPSA) is 9.23 Å². The molecular weight excluding hydrogens is 544 g/mol. The Labute approximate surface area is 285 Å². The van der Waals surface area contributed by atoms with Gasteiger partial charge in [-0.05, 0) is 89.0 Å². The van der Waals surface area contributed by atoms with Crippen LogP contribution in [0, 0.1) is 36.5 Å². The Kier molecular flexibility index (Phi) is 35.4. The first-order valence-electron chi connectivity index (χ1n) is 18.5. The maximum absolute atomic E-state index is 5.64. The van der Waals surface area contributed by atoms with Crippen LogP contribution in [0.3, 0.4) is 0 Å². The lowest BCUT2D eigenvalue weighted by Gasteiger charge is -2.34. The fourth-order valence-electron chi connectivity index (χ4n) is 4.62. The van der Waals surface area contributed by atoms with E-state index in [1.807, 2.05) is 32.1 Å². The molecule has 0 amide bonds. The third kappa shape index (κ3) is 30.6. The second kappa shape index (κ2) is 33.5. The fourth-order valence-corrected chi connectivity index (χ4v) is 4.62. The van der Waals surface area contributed by atoms with Gasteiger partial charge in [-0.3, -0.25) is 0 Å². The zero-order chi connectivity index (χ0) is 35.0. The van der Waals surface area contributed by atoms with Crippen molar-refractivity contribution in [2.24, 2.45) is 29.6 Å². The molecule has 1 aromatic carbocycles. The van der Waals surface area contributed by atoms with Crippen LogP contribution in [0.5, 0.6) is 0 Å². The van der Waals surface area contributed by atoms with Gasteiger partial charge in [-0.1, -0.05) is 173 Å². The third-order valence-corrected chi connectivity index (χ3v) is 8.64. The van der Waals surface area contributed by atoms with Crippen LogP contribution in [0.15, 0.2) is 72.9 Å². The number of ether oxygens (including phenoxy) is 1. The van der Waals surface area contributed by atoms with Gasteiger partial charge in [0.1, 0.15) is 0 Å². The highest BCUT2D eigenvalue weighted by Crippen LogP contribution is 2.32. The summed E-state index contributed by atoms with van der Waals surface area (Å²) in [6, 6.07) is 8.66. The van der Waals surface area contributed by atoms with Crippen molar-refractivity contribution in [1.29, 1.82) is 0 Å². The van der Waals surface area contributed by atoms with E-state index >= 15 is 0 Å². The quantitative estimate of drug-likeness (QED) is 0.206. The van der Waals surface area contributed by atoms with E-state index in [1.165, 1.54) is 68.1 Å². The predicted octanol–water partition coefficient (Wildman–Crippen LogP) is 14.6. The van der Waals surface area contributed by atoms with Crippen LogP contribution >= 0.6 is 0 Å². The third-order valence-electron chi connectivity index (χ3n) is 8.64. The fraction of sp³-hybridized carbons (Fsp3) is 0.682. The molecule has 0 aliphatic heterocycles. The summed E-state index contributed by atoms with van der Waals surface area (Å²) in [4.78, 5) is 0. The van der Waals surface area contributed by atoms with Gasteiger partial charge < -0.3 is 4.74 Å². The maximum Gasteiger partial charge on any atom is 0.0654 e. The molecule has 262 valence electrons. The molecule has 0 heterocycles. The summed E-state index contributed by atoms with van der Waals surface area (Å²) in [5, 5.41) is 0. The van der Waals surface area contributed by atoms with Gasteiger partial charge in [0.05, 0.1) is 12.7 Å². The van der Waals surface area contributed by atoms with Crippen LogP contribution in [-0.2, 0) is 11.2 Å². The van der Waals surface area contributed by atoms with Gasteiger partial charge >= 0.3 is 0 Å². The maximum atomic E-state index is 5.64. The van der Waals surface area contributed by atoms with E-state index < -0.39 is 0 Å². The van der Waals surface area contributed by atoms with Gasteiger partial charge in [-0.25, -0.2) is 0 Å². The Morgan fingerprint density at radius 2 is 1.33 bits per heavy atom. The average molecular weight is 625 g/mol. The molecule has 0 aromatic heterocycles. The van der Waals surface area contributed by atoms with Gasteiger partial charge in [0.15, 0.2) is 0 Å². The minimum Gasteiger partial charge on any atom is -0.374 e. The van der Waals surface area contributed by atoms with E-state index in [9.17, 15) is 0 Å². The summed E-state index contributed by atoms with van der Waals surface area (Å²) in [6.07, 6.45) is 24.8. The van der Waals surface area contributed by atoms with Gasteiger partial charge in [0.25, 0.3) is 0 Å². The van der Waals surface area contributed by atoms with Crippen LogP contribution in [0.2, 0.25) is 0 Å². The summed E-state index contributed by atoms with van der Waals surface area (Å²) in [6.45, 7) is 34.7. The molecule has 2 aliphatic carbocycles. The molecule has 0 radical (unpaired) electrons. The standard InChI is InChI=1S/C12H20O.C9H12.C9H18.C8H16.C3H8.C3H6/c1-3-5-6-7-8-13-12-9-11(4-2)10-12;1-3-9-6-4-8(2)5-7-9;1-6-8(4)9(5)7(2)3;1-7-3-5-8(2)6-4-7;2*1-3-2/h3,5-7,11-12H,4,8-10H2,1-2H3;4-7H,3H2,1-2H3;6-7,9H,1-5H3;7-8H,3-6H2,1-2H3;3H2,1-2H3;3H,1H2,2H3/b5-3+,7-6-;;8-6+;;;. The van der Waals surface area contributed by atoms with Crippen LogP contribution in [0.1, 0.15) is 153 Å². The minimum atomic E-state index is 0.542. The molecule has 0 bridgehead atoms. The van der Waals surface area contributed by atoms with Gasteiger partial charge in [0.2, 0.25) is 0 Å². The molecular formula is C44H80O. The molecule has 1 atom stereocenters. The lowest BCUT2D eigenvalue weighted by molar-refractivity contribution is -0.0180. The second-order valence-corrected chi connectivity index (χ2v) is 13.5. The summed E-state index contributed by atoms with van der Waals surface area (Å²) in [5.74, 6) is 4.50. The highest BCUT2D eigenvalue weighted by Gasteiger charge is 2.27. The van der Waals surface area contributed by atoms with Crippen molar-refractivity contribution < 1.29 is 4.74 Å². The highest BCUT2D eigenvalue weighted by atomic mass is 16.5. The van der Waals surface area contributed by atoms with Crippen molar-refractivity contribution in [3.63, 3.8) is 0 Å². The molecule has 45 heavy (non-hydrogen) atoms. The highest BCUT2D eigenvalue weighted by molar-refractivity contribution is 5.20. The van der Waals surface area contributed by atoms with E-state index in [1.54, 1.807) is 6.08 Å². The minimum absolute atomic E-state index is 0.542. The van der Waals surface area contributed by atoms with E-state index in [-0.39, 0.29) is 0 Å². The second-order valence-electron chi connectivity index (χ2n) is 13.5. The Morgan fingerprint density at radius 1 is 0.867 bits per heavy atom. The van der Waals surface area contributed by atoms with E-state index in [0.717, 1.165) is 42.6 Å². The molecule has 2 aliphatic rings. The first kappa shape index (κ1) is 47.5. The van der Waals surface area contributed by atoms with Crippen molar-refractivity contribution in [1.82, 2.24) is 0 Å². The number of benzene rings is 1. The average Bonchev–Trinajstić information content (AvgIpc) is 3.01. The molecule has 0 spiro atoms. The van der Waals surface area contributed by atoms with E-state index in [0.29, 0.717) is 6.10 Å². The zero-order valence-corrected chi connectivity index (χ0v) is 32.9. The molecule has 1 heteroatoms. The molecule has 1 nitrogen and oxygen atoms in total. The molecule has 1 unspecified atom stereocenters.